The number of carbonyl (C=O) groups excluding carboxylic acids is 1. The van der Waals surface area contributed by atoms with Crippen molar-refractivity contribution in [1.29, 1.82) is 0 Å². The van der Waals surface area contributed by atoms with Gasteiger partial charge in [0.15, 0.2) is 0 Å². The van der Waals surface area contributed by atoms with Crippen LogP contribution in [0, 0.1) is 0 Å². The third-order valence-corrected chi connectivity index (χ3v) is 4.83. The lowest BCUT2D eigenvalue weighted by Gasteiger charge is -2.08. The van der Waals surface area contributed by atoms with E-state index >= 15 is 0 Å². The van der Waals surface area contributed by atoms with Gasteiger partial charge in [-0.05, 0) is 52.4 Å². The average molecular weight is 371 g/mol. The van der Waals surface area contributed by atoms with Gasteiger partial charge >= 0.3 is 0 Å². The van der Waals surface area contributed by atoms with E-state index in [9.17, 15) is 9.90 Å². The molecule has 0 aromatic heterocycles. The van der Waals surface area contributed by atoms with Crippen molar-refractivity contribution in [1.82, 2.24) is 11.1 Å². The molecule has 156 valence electrons. The first-order valence-electron chi connectivity index (χ1n) is 10.6. The zero-order valence-corrected chi connectivity index (χ0v) is 18.2. The van der Waals surface area contributed by atoms with Crippen LogP contribution in [0.5, 0.6) is 0 Å². The van der Waals surface area contributed by atoms with Gasteiger partial charge in [-0.2, -0.15) is 0 Å². The number of quaternary nitrogens is 1. The van der Waals surface area contributed by atoms with Gasteiger partial charge in [0.25, 0.3) is 0 Å². The highest BCUT2D eigenvalue weighted by Crippen LogP contribution is 2.13. The van der Waals surface area contributed by atoms with E-state index in [0.29, 0.717) is 5.57 Å². The van der Waals surface area contributed by atoms with Crippen molar-refractivity contribution in [3.63, 3.8) is 0 Å². The fourth-order valence-corrected chi connectivity index (χ4v) is 3.10. The van der Waals surface area contributed by atoms with Crippen LogP contribution in [-0.2, 0) is 4.79 Å². The van der Waals surface area contributed by atoms with Crippen LogP contribution in [0.4, 0.5) is 0 Å². The molecule has 0 saturated heterocycles. The van der Waals surface area contributed by atoms with Gasteiger partial charge in [-0.25, -0.2) is 0 Å². The van der Waals surface area contributed by atoms with E-state index < -0.39 is 5.97 Å². The van der Waals surface area contributed by atoms with Crippen LogP contribution in [0.25, 0.3) is 0 Å². The number of rotatable bonds is 18. The Balaban J connectivity index is 0. The Morgan fingerprint density at radius 2 is 1.08 bits per heavy atom. The lowest BCUT2D eigenvalue weighted by molar-refractivity contribution is -0.299. The van der Waals surface area contributed by atoms with Crippen LogP contribution in [0.1, 0.15) is 103 Å². The Morgan fingerprint density at radius 3 is 1.42 bits per heavy atom. The molecule has 0 aliphatic carbocycles. The van der Waals surface area contributed by atoms with Crippen molar-refractivity contribution in [2.24, 2.45) is 0 Å². The van der Waals surface area contributed by atoms with E-state index in [4.69, 9.17) is 0 Å². The normalized spacial score (nSPS) is 11.6. The van der Waals surface area contributed by atoms with E-state index in [1.165, 1.54) is 90.0 Å². The molecular weight excluding hydrogens is 324 g/mol. The Morgan fingerprint density at radius 1 is 0.731 bits per heavy atom. The van der Waals surface area contributed by atoms with Gasteiger partial charge in [0, 0.05) is 0 Å². The maximum atomic E-state index is 10.5. The molecule has 0 spiro atoms. The molecule has 26 heavy (non-hydrogen) atoms. The zero-order chi connectivity index (χ0) is 18.8. The molecule has 0 aromatic carbocycles. The second kappa shape index (κ2) is 20.4. The molecule has 4 heteroatoms. The number of carboxylic acids is 1. The lowest BCUT2D eigenvalue weighted by Crippen LogP contribution is -2.22. The summed E-state index contributed by atoms with van der Waals surface area (Å²) in [5.41, 5.74) is 0.369. The number of aliphatic carboxylic acids is 1. The summed E-state index contributed by atoms with van der Waals surface area (Å²) in [5.74, 6) is -1.04. The van der Waals surface area contributed by atoms with Crippen LogP contribution < -0.4 is 11.3 Å². The van der Waals surface area contributed by atoms with Gasteiger partial charge in [0.05, 0.1) is 5.97 Å². The summed E-state index contributed by atoms with van der Waals surface area (Å²) >= 11 is 0. The van der Waals surface area contributed by atoms with E-state index in [-0.39, 0.29) is 6.15 Å². The van der Waals surface area contributed by atoms with Crippen molar-refractivity contribution in [3.05, 3.63) is 11.6 Å². The third-order valence-electron chi connectivity index (χ3n) is 4.83. The quantitative estimate of drug-likeness (QED) is 0.256. The maximum Gasteiger partial charge on any atom is 0.0668 e. The van der Waals surface area contributed by atoms with Gasteiger partial charge in [0.2, 0.25) is 0 Å². The molecule has 0 aliphatic heterocycles. The van der Waals surface area contributed by atoms with E-state index in [2.05, 4.69) is 19.0 Å². The number of unbranched alkanes of at least 4 members (excludes halogenated alkanes) is 14. The number of nitrogens with zero attached hydrogens (tertiary/aromatic N) is 1. The Hall–Kier alpha value is -0.870. The highest BCUT2D eigenvalue weighted by Gasteiger charge is 1.95. The molecule has 0 amide bonds. The van der Waals surface area contributed by atoms with Crippen molar-refractivity contribution in [3.8, 4) is 0 Å². The topological polar surface area (TPSA) is 79.9 Å². The molecule has 0 aliphatic rings. The number of allylic oxidation sites excluding steroid dienone is 1. The molecule has 4 nitrogen and oxygen atoms in total. The van der Waals surface area contributed by atoms with Crippen molar-refractivity contribution in [2.45, 2.75) is 103 Å². The highest BCUT2D eigenvalue weighted by molar-refractivity contribution is 5.83. The number of hydrogen-bond acceptors (Lipinski definition) is 3. The minimum Gasteiger partial charge on any atom is -0.545 e. The summed E-state index contributed by atoms with van der Waals surface area (Å²) in [6.45, 7) is 2.84. The molecule has 4 N–H and O–H groups in total. The fourth-order valence-electron chi connectivity index (χ4n) is 3.10. The predicted octanol–water partition coefficient (Wildman–Crippen LogP) is 5.47. The van der Waals surface area contributed by atoms with Crippen LogP contribution in [0.2, 0.25) is 0 Å². The number of hydrogen-bond donors (Lipinski definition) is 1. The monoisotopic (exact) mass is 370 g/mol. The Kier molecular flexibility index (Phi) is 21.5. The molecule has 0 aromatic rings. The SMILES string of the molecule is CC(=CCCCCCCCCCCCCCCCCN(C)C)C(=O)[O-].[NH4+]. The molecule has 0 heterocycles. The van der Waals surface area contributed by atoms with E-state index in [1.807, 2.05) is 0 Å². The number of carbonyl (C=O) groups is 1. The van der Waals surface area contributed by atoms with Crippen LogP contribution in [-0.4, -0.2) is 31.5 Å². The van der Waals surface area contributed by atoms with Gasteiger partial charge < -0.3 is 21.0 Å². The first kappa shape index (κ1) is 27.3. The Bertz CT molecular complexity index is 341. The molecule has 0 rings (SSSR count). The minimum atomic E-state index is -1.04. The molecule has 0 radical (unpaired) electrons. The summed E-state index contributed by atoms with van der Waals surface area (Å²) in [4.78, 5) is 12.8. The lowest BCUT2D eigenvalue weighted by atomic mass is 10.0. The van der Waals surface area contributed by atoms with Gasteiger partial charge in [0.1, 0.15) is 0 Å². The van der Waals surface area contributed by atoms with Gasteiger partial charge in [-0.1, -0.05) is 83.1 Å². The van der Waals surface area contributed by atoms with Crippen LogP contribution in [0.15, 0.2) is 11.6 Å². The first-order chi connectivity index (χ1) is 12.0. The highest BCUT2D eigenvalue weighted by atomic mass is 16.4. The summed E-state index contributed by atoms with van der Waals surface area (Å²) in [6.07, 6.45) is 21.5. The average Bonchev–Trinajstić information content (AvgIpc) is 2.57. The summed E-state index contributed by atoms with van der Waals surface area (Å²) in [5, 5.41) is 10.5. The van der Waals surface area contributed by atoms with E-state index in [1.54, 1.807) is 13.0 Å². The summed E-state index contributed by atoms with van der Waals surface area (Å²) in [6, 6.07) is 0. The largest absolute Gasteiger partial charge is 0.545 e. The summed E-state index contributed by atoms with van der Waals surface area (Å²) in [7, 11) is 4.30. The fraction of sp³-hybridized carbons (Fsp3) is 0.864. The zero-order valence-electron chi connectivity index (χ0n) is 18.2. The minimum absolute atomic E-state index is 0. The summed E-state index contributed by atoms with van der Waals surface area (Å²) < 4.78 is 0. The van der Waals surface area contributed by atoms with Crippen LogP contribution >= 0.6 is 0 Å². The molecule has 0 unspecified atom stereocenters. The maximum absolute atomic E-state index is 10.5. The van der Waals surface area contributed by atoms with Gasteiger partial charge in [-0.15, -0.1) is 0 Å². The Labute approximate surface area is 163 Å². The molecule has 0 bridgehead atoms. The van der Waals surface area contributed by atoms with Crippen molar-refractivity contribution < 1.29 is 9.90 Å². The predicted molar refractivity (Wildman–Crippen MR) is 113 cm³/mol. The smallest absolute Gasteiger partial charge is 0.0668 e. The van der Waals surface area contributed by atoms with Crippen molar-refractivity contribution >= 4 is 5.97 Å². The molecule has 0 atom stereocenters. The molecule has 0 fully saturated rings. The molecular formula is C22H46N2O2. The number of carboxylic acid groups (broad SMARTS) is 1. The van der Waals surface area contributed by atoms with E-state index in [0.717, 1.165) is 12.8 Å². The second-order valence-corrected chi connectivity index (χ2v) is 7.72. The van der Waals surface area contributed by atoms with Crippen LogP contribution in [0.3, 0.4) is 0 Å². The first-order valence-corrected chi connectivity index (χ1v) is 10.6. The molecule has 0 saturated carbocycles. The van der Waals surface area contributed by atoms with Gasteiger partial charge in [-0.3, -0.25) is 0 Å². The third kappa shape index (κ3) is 21.2. The second-order valence-electron chi connectivity index (χ2n) is 7.72. The van der Waals surface area contributed by atoms with Crippen molar-refractivity contribution in [2.75, 3.05) is 20.6 Å². The standard InChI is InChI=1S/C22H43NO2.H3N/c1-21(22(24)25)19-17-15-13-11-9-7-5-4-6-8-10-12-14-16-18-20-23(2)3;/h19H,4-18,20H2,1-3H3,(H,24,25);1H3.